The van der Waals surface area contributed by atoms with Crippen LogP contribution in [0.15, 0.2) is 28.8 Å². The third kappa shape index (κ3) is 2.99. The highest BCUT2D eigenvalue weighted by molar-refractivity contribution is 5.85. The molecule has 0 radical (unpaired) electrons. The predicted octanol–water partition coefficient (Wildman–Crippen LogP) is 3.09. The fourth-order valence-electron chi connectivity index (χ4n) is 2.26. The summed E-state index contributed by atoms with van der Waals surface area (Å²) in [5.41, 5.74) is 2.19. The van der Waals surface area contributed by atoms with E-state index in [1.165, 1.54) is 5.56 Å². The van der Waals surface area contributed by atoms with Crippen molar-refractivity contribution in [3.63, 3.8) is 0 Å². The van der Waals surface area contributed by atoms with Crippen LogP contribution in [0.3, 0.4) is 0 Å². The summed E-state index contributed by atoms with van der Waals surface area (Å²) in [6.45, 7) is 2.47. The lowest BCUT2D eigenvalue weighted by molar-refractivity contribution is 0.324. The number of halogens is 2. The summed E-state index contributed by atoms with van der Waals surface area (Å²) < 4.78 is 18.3. The van der Waals surface area contributed by atoms with Gasteiger partial charge < -0.3 is 9.84 Å². The minimum absolute atomic E-state index is 0. The molecule has 0 bridgehead atoms. The van der Waals surface area contributed by atoms with Crippen molar-refractivity contribution in [1.29, 1.82) is 0 Å². The summed E-state index contributed by atoms with van der Waals surface area (Å²) in [5.74, 6) is 1.02. The molecule has 1 N–H and O–H groups in total. The van der Waals surface area contributed by atoms with E-state index in [2.05, 4.69) is 34.5 Å². The maximum atomic E-state index is 13.1. The third-order valence-electron chi connectivity index (χ3n) is 3.44. The first-order valence-electron chi connectivity index (χ1n) is 6.56. The highest BCUT2D eigenvalue weighted by Crippen LogP contribution is 2.25. The Morgan fingerprint density at radius 1 is 1.35 bits per heavy atom. The number of hydrogen-bond acceptors (Lipinski definition) is 4. The zero-order valence-electron chi connectivity index (χ0n) is 11.2. The van der Waals surface area contributed by atoms with Crippen LogP contribution in [-0.2, 0) is 6.42 Å². The molecule has 0 aliphatic carbocycles. The maximum Gasteiger partial charge on any atom is 0.244 e. The molecule has 1 aromatic carbocycles. The Labute approximate surface area is 123 Å². The highest BCUT2D eigenvalue weighted by atomic mass is 35.5. The molecular formula is C14H17ClFN3O. The van der Waals surface area contributed by atoms with Crippen LogP contribution in [0.1, 0.15) is 30.8 Å². The van der Waals surface area contributed by atoms with Gasteiger partial charge in [0.1, 0.15) is 6.17 Å². The quantitative estimate of drug-likeness (QED) is 0.946. The molecule has 108 valence electrons. The summed E-state index contributed by atoms with van der Waals surface area (Å²) in [4.78, 5) is 4.35. The van der Waals surface area contributed by atoms with Crippen molar-refractivity contribution in [3.8, 4) is 11.4 Å². The van der Waals surface area contributed by atoms with E-state index in [0.717, 1.165) is 12.0 Å². The first kappa shape index (κ1) is 14.9. The molecule has 0 unspecified atom stereocenters. The van der Waals surface area contributed by atoms with Crippen LogP contribution in [0, 0.1) is 0 Å². The molecule has 0 saturated carbocycles. The van der Waals surface area contributed by atoms with Crippen LogP contribution in [-0.4, -0.2) is 22.9 Å². The van der Waals surface area contributed by atoms with Crippen LogP contribution in [0.4, 0.5) is 4.39 Å². The monoisotopic (exact) mass is 297 g/mol. The number of nitrogens with one attached hydrogen (secondary N) is 1. The standard InChI is InChI=1S/C14H16FN3O.ClH/c1-2-9-3-5-10(6-4-9)13-17-14(19-18-13)12-7-11(15)8-16-12;/h3-6,11-12,16H,2,7-8H2,1H3;1H/t11-,12+;/m0./s1. The van der Waals surface area contributed by atoms with Gasteiger partial charge in [0.2, 0.25) is 11.7 Å². The van der Waals surface area contributed by atoms with Crippen molar-refractivity contribution < 1.29 is 8.91 Å². The Kier molecular flexibility index (Phi) is 4.73. The van der Waals surface area contributed by atoms with Crippen LogP contribution in [0.5, 0.6) is 0 Å². The van der Waals surface area contributed by atoms with Gasteiger partial charge in [0.25, 0.3) is 0 Å². The fourth-order valence-corrected chi connectivity index (χ4v) is 2.26. The summed E-state index contributed by atoms with van der Waals surface area (Å²) >= 11 is 0. The second-order valence-corrected chi connectivity index (χ2v) is 4.80. The Balaban J connectivity index is 0.00000147. The Morgan fingerprint density at radius 2 is 2.10 bits per heavy atom. The highest BCUT2D eigenvalue weighted by Gasteiger charge is 2.29. The normalized spacial score (nSPS) is 21.7. The van der Waals surface area contributed by atoms with E-state index >= 15 is 0 Å². The molecule has 1 saturated heterocycles. The summed E-state index contributed by atoms with van der Waals surface area (Å²) in [6, 6.07) is 7.90. The van der Waals surface area contributed by atoms with Crippen molar-refractivity contribution in [3.05, 3.63) is 35.7 Å². The Morgan fingerprint density at radius 3 is 2.70 bits per heavy atom. The zero-order chi connectivity index (χ0) is 13.2. The van der Waals surface area contributed by atoms with Gasteiger partial charge in [-0.3, -0.25) is 0 Å². The molecule has 20 heavy (non-hydrogen) atoms. The van der Waals surface area contributed by atoms with Crippen molar-refractivity contribution in [1.82, 2.24) is 15.5 Å². The van der Waals surface area contributed by atoms with E-state index < -0.39 is 6.17 Å². The van der Waals surface area contributed by atoms with Crippen molar-refractivity contribution in [2.45, 2.75) is 32.0 Å². The van der Waals surface area contributed by atoms with E-state index in [0.29, 0.717) is 24.7 Å². The molecule has 1 fully saturated rings. The van der Waals surface area contributed by atoms with Gasteiger partial charge in [-0.15, -0.1) is 12.4 Å². The van der Waals surface area contributed by atoms with Gasteiger partial charge in [-0.1, -0.05) is 36.3 Å². The Bertz CT molecular complexity index is 558. The average Bonchev–Trinajstić information content (AvgIpc) is 3.07. The van der Waals surface area contributed by atoms with E-state index in [4.69, 9.17) is 4.52 Å². The summed E-state index contributed by atoms with van der Waals surface area (Å²) in [6.07, 6.45) is 0.571. The first-order chi connectivity index (χ1) is 9.26. The van der Waals surface area contributed by atoms with Gasteiger partial charge in [0, 0.05) is 18.5 Å². The van der Waals surface area contributed by atoms with Crippen molar-refractivity contribution in [2.75, 3.05) is 6.54 Å². The topological polar surface area (TPSA) is 51.0 Å². The third-order valence-corrected chi connectivity index (χ3v) is 3.44. The lowest BCUT2D eigenvalue weighted by atomic mass is 10.1. The molecule has 1 aliphatic rings. The molecule has 2 heterocycles. The minimum Gasteiger partial charge on any atom is -0.337 e. The van der Waals surface area contributed by atoms with Gasteiger partial charge in [-0.05, 0) is 12.0 Å². The van der Waals surface area contributed by atoms with Gasteiger partial charge in [-0.25, -0.2) is 4.39 Å². The van der Waals surface area contributed by atoms with Gasteiger partial charge in [0.05, 0.1) is 6.04 Å². The van der Waals surface area contributed by atoms with Gasteiger partial charge in [-0.2, -0.15) is 4.98 Å². The molecule has 4 nitrogen and oxygen atoms in total. The van der Waals surface area contributed by atoms with E-state index in [1.54, 1.807) is 0 Å². The zero-order valence-corrected chi connectivity index (χ0v) is 12.0. The molecule has 0 amide bonds. The average molecular weight is 298 g/mol. The number of aromatic nitrogens is 2. The largest absolute Gasteiger partial charge is 0.337 e. The minimum atomic E-state index is -0.829. The number of benzene rings is 1. The second-order valence-electron chi connectivity index (χ2n) is 4.80. The number of nitrogens with zero attached hydrogens (tertiary/aromatic N) is 2. The predicted molar refractivity (Wildman–Crippen MR) is 76.6 cm³/mol. The molecular weight excluding hydrogens is 281 g/mol. The van der Waals surface area contributed by atoms with Crippen molar-refractivity contribution >= 4 is 12.4 Å². The number of hydrogen-bond donors (Lipinski definition) is 1. The molecule has 0 spiro atoms. The Hall–Kier alpha value is -1.46. The number of aryl methyl sites for hydroxylation is 1. The SMILES string of the molecule is CCc1ccc(-c2noc([C@H]3C[C@H](F)CN3)n2)cc1.Cl. The van der Waals surface area contributed by atoms with Gasteiger partial charge in [0.15, 0.2) is 0 Å². The molecule has 1 aromatic heterocycles. The summed E-state index contributed by atoms with van der Waals surface area (Å²) in [5, 5.41) is 7.00. The van der Waals surface area contributed by atoms with Gasteiger partial charge >= 0.3 is 0 Å². The maximum absolute atomic E-state index is 13.1. The van der Waals surface area contributed by atoms with Crippen LogP contribution >= 0.6 is 12.4 Å². The molecule has 2 aromatic rings. The van der Waals surface area contributed by atoms with Crippen LogP contribution < -0.4 is 5.32 Å². The number of rotatable bonds is 3. The molecule has 6 heteroatoms. The van der Waals surface area contributed by atoms with Crippen molar-refractivity contribution in [2.24, 2.45) is 0 Å². The lowest BCUT2D eigenvalue weighted by Gasteiger charge is -2.01. The lowest BCUT2D eigenvalue weighted by Crippen LogP contribution is -2.14. The number of alkyl halides is 1. The molecule has 3 rings (SSSR count). The van der Waals surface area contributed by atoms with E-state index in [9.17, 15) is 4.39 Å². The smallest absolute Gasteiger partial charge is 0.244 e. The van der Waals surface area contributed by atoms with Crippen LogP contribution in [0.2, 0.25) is 0 Å². The molecule has 2 atom stereocenters. The fraction of sp³-hybridized carbons (Fsp3) is 0.429. The van der Waals surface area contributed by atoms with Crippen LogP contribution in [0.25, 0.3) is 11.4 Å². The van der Waals surface area contributed by atoms with E-state index in [1.807, 2.05) is 12.1 Å². The second kappa shape index (κ2) is 6.33. The summed E-state index contributed by atoms with van der Waals surface area (Å²) in [7, 11) is 0. The molecule has 1 aliphatic heterocycles. The van der Waals surface area contributed by atoms with E-state index in [-0.39, 0.29) is 18.4 Å². The first-order valence-corrected chi connectivity index (χ1v) is 6.56.